The summed E-state index contributed by atoms with van der Waals surface area (Å²) in [6, 6.07) is 3.68. The second kappa shape index (κ2) is 6.23. The summed E-state index contributed by atoms with van der Waals surface area (Å²) in [6.07, 6.45) is 6.27. The zero-order valence-corrected chi connectivity index (χ0v) is 12.6. The molecule has 7 heteroatoms. The summed E-state index contributed by atoms with van der Waals surface area (Å²) in [5.74, 6) is -1.44. The van der Waals surface area contributed by atoms with Crippen molar-refractivity contribution in [1.82, 2.24) is 14.9 Å². The second-order valence-electron chi connectivity index (χ2n) is 5.19. The summed E-state index contributed by atoms with van der Waals surface area (Å²) >= 11 is 1.32. The monoisotopic (exact) mass is 317 g/mol. The number of piperidine rings is 1. The van der Waals surface area contributed by atoms with Gasteiger partial charge in [0.05, 0.1) is 12.1 Å². The predicted molar refractivity (Wildman–Crippen MR) is 81.6 cm³/mol. The van der Waals surface area contributed by atoms with E-state index >= 15 is 0 Å². The summed E-state index contributed by atoms with van der Waals surface area (Å²) < 4.78 is 0. The molecule has 1 unspecified atom stereocenters. The van der Waals surface area contributed by atoms with E-state index in [1.54, 1.807) is 23.5 Å². The van der Waals surface area contributed by atoms with E-state index in [2.05, 4.69) is 9.97 Å². The lowest BCUT2D eigenvalue weighted by Gasteiger charge is -2.30. The fourth-order valence-corrected chi connectivity index (χ4v) is 3.41. The summed E-state index contributed by atoms with van der Waals surface area (Å²) in [5.41, 5.74) is 0.918. The van der Waals surface area contributed by atoms with Gasteiger partial charge in [-0.05, 0) is 25.0 Å². The number of aliphatic carboxylic acids is 1. The molecule has 114 valence electrons. The van der Waals surface area contributed by atoms with Crippen LogP contribution in [0.15, 0.2) is 30.7 Å². The molecule has 6 nitrogen and oxygen atoms in total. The van der Waals surface area contributed by atoms with Crippen molar-refractivity contribution in [3.05, 3.63) is 35.6 Å². The number of hydrogen-bond donors (Lipinski definition) is 1. The Kier molecular flexibility index (Phi) is 4.15. The second-order valence-corrected chi connectivity index (χ2v) is 6.22. The third-order valence-corrected chi connectivity index (χ3v) is 4.74. The van der Waals surface area contributed by atoms with Crippen molar-refractivity contribution in [3.63, 3.8) is 0 Å². The van der Waals surface area contributed by atoms with E-state index in [0.717, 1.165) is 17.0 Å². The highest BCUT2D eigenvalue weighted by Crippen LogP contribution is 2.26. The van der Waals surface area contributed by atoms with Crippen LogP contribution in [-0.4, -0.2) is 44.9 Å². The van der Waals surface area contributed by atoms with Crippen molar-refractivity contribution in [2.24, 2.45) is 5.92 Å². The van der Waals surface area contributed by atoms with Gasteiger partial charge >= 0.3 is 5.97 Å². The number of nitrogens with zero attached hydrogens (tertiary/aromatic N) is 3. The van der Waals surface area contributed by atoms with E-state index in [0.29, 0.717) is 17.8 Å². The van der Waals surface area contributed by atoms with Crippen LogP contribution in [0.1, 0.15) is 22.5 Å². The van der Waals surface area contributed by atoms with Crippen LogP contribution in [0, 0.1) is 5.92 Å². The molecule has 0 aliphatic carbocycles. The van der Waals surface area contributed by atoms with Gasteiger partial charge in [-0.1, -0.05) is 0 Å². The van der Waals surface area contributed by atoms with Crippen LogP contribution in [0.4, 0.5) is 0 Å². The van der Waals surface area contributed by atoms with E-state index in [-0.39, 0.29) is 12.5 Å². The number of carbonyl (C=O) groups is 2. The Hall–Kier alpha value is -2.28. The van der Waals surface area contributed by atoms with Gasteiger partial charge in [0.15, 0.2) is 0 Å². The van der Waals surface area contributed by atoms with Gasteiger partial charge in [0.2, 0.25) is 0 Å². The molecular formula is C15H15N3O3S. The molecule has 1 atom stereocenters. The van der Waals surface area contributed by atoms with Crippen molar-refractivity contribution >= 4 is 23.2 Å². The molecule has 0 bridgehead atoms. The number of carboxylic acid groups (broad SMARTS) is 1. The van der Waals surface area contributed by atoms with Crippen molar-refractivity contribution in [2.45, 2.75) is 12.8 Å². The molecule has 22 heavy (non-hydrogen) atoms. The molecule has 0 saturated carbocycles. The number of carboxylic acids is 1. The molecule has 0 spiro atoms. The predicted octanol–water partition coefficient (Wildman–Crippen LogP) is 2.14. The van der Waals surface area contributed by atoms with Crippen LogP contribution in [0.5, 0.6) is 0 Å². The molecule has 2 aromatic rings. The standard InChI is InChI=1S/C15H15N3O3S/c19-14(18-7-1-2-11(9-18)15(20)21)12-8-17-13(22-12)10-3-5-16-6-4-10/h3-6,8,11H,1-2,7,9H2,(H,20,21). The highest BCUT2D eigenvalue weighted by Gasteiger charge is 2.29. The first-order chi connectivity index (χ1) is 10.6. The van der Waals surface area contributed by atoms with E-state index in [1.165, 1.54) is 11.3 Å². The number of carbonyl (C=O) groups excluding carboxylic acids is 1. The molecule has 3 heterocycles. The molecule has 3 rings (SSSR count). The van der Waals surface area contributed by atoms with Crippen LogP contribution >= 0.6 is 11.3 Å². The van der Waals surface area contributed by atoms with Gasteiger partial charge in [0.25, 0.3) is 5.91 Å². The van der Waals surface area contributed by atoms with Crippen LogP contribution in [0.2, 0.25) is 0 Å². The average molecular weight is 317 g/mol. The third kappa shape index (κ3) is 2.99. The highest BCUT2D eigenvalue weighted by atomic mass is 32.1. The van der Waals surface area contributed by atoms with Gasteiger partial charge in [-0.2, -0.15) is 0 Å². The molecule has 1 N–H and O–H groups in total. The minimum absolute atomic E-state index is 0.135. The lowest BCUT2D eigenvalue weighted by molar-refractivity contribution is -0.143. The Balaban J connectivity index is 1.76. The number of likely N-dealkylation sites (tertiary alicyclic amines) is 1. The van der Waals surface area contributed by atoms with Gasteiger partial charge in [0, 0.05) is 31.0 Å². The molecule has 1 aliphatic rings. The molecule has 0 aromatic carbocycles. The fourth-order valence-electron chi connectivity index (χ4n) is 2.52. The highest BCUT2D eigenvalue weighted by molar-refractivity contribution is 7.16. The van der Waals surface area contributed by atoms with E-state index in [1.807, 2.05) is 12.1 Å². The molecular weight excluding hydrogens is 302 g/mol. The Labute approximate surface area is 131 Å². The zero-order valence-electron chi connectivity index (χ0n) is 11.8. The number of aromatic nitrogens is 2. The summed E-state index contributed by atoms with van der Waals surface area (Å²) in [5, 5.41) is 9.87. The largest absolute Gasteiger partial charge is 0.481 e. The topological polar surface area (TPSA) is 83.4 Å². The number of thiazole rings is 1. The molecule has 1 amide bonds. The van der Waals surface area contributed by atoms with Gasteiger partial charge < -0.3 is 10.0 Å². The van der Waals surface area contributed by atoms with Crippen LogP contribution in [0.25, 0.3) is 10.6 Å². The molecule has 1 aliphatic heterocycles. The van der Waals surface area contributed by atoms with Crippen molar-refractivity contribution < 1.29 is 14.7 Å². The Morgan fingerprint density at radius 2 is 2.09 bits per heavy atom. The maximum absolute atomic E-state index is 12.5. The number of amides is 1. The minimum Gasteiger partial charge on any atom is -0.481 e. The smallest absolute Gasteiger partial charge is 0.308 e. The van der Waals surface area contributed by atoms with Crippen molar-refractivity contribution in [1.29, 1.82) is 0 Å². The maximum atomic E-state index is 12.5. The SMILES string of the molecule is O=C(O)C1CCCN(C(=O)c2cnc(-c3ccncc3)s2)C1. The minimum atomic E-state index is -0.834. The Morgan fingerprint density at radius 3 is 2.82 bits per heavy atom. The van der Waals surface area contributed by atoms with Gasteiger partial charge in [-0.3, -0.25) is 14.6 Å². The lowest BCUT2D eigenvalue weighted by Crippen LogP contribution is -2.42. The summed E-state index contributed by atoms with van der Waals surface area (Å²) in [6.45, 7) is 0.877. The molecule has 0 radical (unpaired) electrons. The van der Waals surface area contributed by atoms with E-state index < -0.39 is 11.9 Å². The summed E-state index contributed by atoms with van der Waals surface area (Å²) in [7, 11) is 0. The zero-order chi connectivity index (χ0) is 15.5. The number of pyridine rings is 1. The first-order valence-electron chi connectivity index (χ1n) is 7.03. The molecule has 1 saturated heterocycles. The summed E-state index contributed by atoms with van der Waals surface area (Å²) in [4.78, 5) is 34.0. The van der Waals surface area contributed by atoms with Crippen LogP contribution in [-0.2, 0) is 4.79 Å². The third-order valence-electron chi connectivity index (χ3n) is 3.70. The first kappa shape index (κ1) is 14.6. The van der Waals surface area contributed by atoms with Gasteiger partial charge in [-0.25, -0.2) is 4.98 Å². The fraction of sp³-hybridized carbons (Fsp3) is 0.333. The Bertz CT molecular complexity index is 686. The average Bonchev–Trinajstić information content (AvgIpc) is 3.05. The van der Waals surface area contributed by atoms with E-state index in [4.69, 9.17) is 5.11 Å². The van der Waals surface area contributed by atoms with Crippen LogP contribution in [0.3, 0.4) is 0 Å². The van der Waals surface area contributed by atoms with Gasteiger partial charge in [-0.15, -0.1) is 11.3 Å². The van der Waals surface area contributed by atoms with Crippen molar-refractivity contribution in [3.8, 4) is 10.6 Å². The van der Waals surface area contributed by atoms with Crippen LogP contribution < -0.4 is 0 Å². The molecule has 1 fully saturated rings. The Morgan fingerprint density at radius 1 is 1.32 bits per heavy atom. The number of hydrogen-bond acceptors (Lipinski definition) is 5. The lowest BCUT2D eigenvalue weighted by atomic mass is 9.98. The molecule has 2 aromatic heterocycles. The normalized spacial score (nSPS) is 18.2. The maximum Gasteiger partial charge on any atom is 0.308 e. The van der Waals surface area contributed by atoms with E-state index in [9.17, 15) is 9.59 Å². The quantitative estimate of drug-likeness (QED) is 0.937. The first-order valence-corrected chi connectivity index (χ1v) is 7.85. The van der Waals surface area contributed by atoms with Crippen molar-refractivity contribution in [2.75, 3.05) is 13.1 Å². The number of rotatable bonds is 3. The van der Waals surface area contributed by atoms with Gasteiger partial charge in [0.1, 0.15) is 9.88 Å².